The average Bonchev–Trinajstić information content (AvgIpc) is 2.51. The molecule has 0 radical (unpaired) electrons. The van der Waals surface area contributed by atoms with Gasteiger partial charge in [-0.2, -0.15) is 4.58 Å². The van der Waals surface area contributed by atoms with E-state index in [0.29, 0.717) is 0 Å². The summed E-state index contributed by atoms with van der Waals surface area (Å²) in [6.45, 7) is 9.46. The molecule has 1 heterocycles. The second kappa shape index (κ2) is 4.19. The fourth-order valence-corrected chi connectivity index (χ4v) is 2.60. The number of rotatable bonds is 3. The third-order valence-electron chi connectivity index (χ3n) is 3.91. The van der Waals surface area contributed by atoms with Crippen LogP contribution in [0.5, 0.6) is 0 Å². The summed E-state index contributed by atoms with van der Waals surface area (Å²) in [4.78, 5) is 10.6. The standard InChI is InChI=1S/C14H19N2O2/c1-5-8-15-10(2)14(3,4)12-9-11(16(17)18)6-7-13(12)15/h6-7,9H,5,8H2,1-4H3/q+1. The summed E-state index contributed by atoms with van der Waals surface area (Å²) in [7, 11) is 0. The number of nitro benzene ring substituents is 1. The summed E-state index contributed by atoms with van der Waals surface area (Å²) in [5, 5.41) is 10.9. The average molecular weight is 247 g/mol. The van der Waals surface area contributed by atoms with Crippen LogP contribution in [0.3, 0.4) is 0 Å². The Hall–Kier alpha value is -1.71. The van der Waals surface area contributed by atoms with Crippen molar-refractivity contribution in [1.82, 2.24) is 0 Å². The topological polar surface area (TPSA) is 46.1 Å². The summed E-state index contributed by atoms with van der Waals surface area (Å²) in [5.41, 5.74) is 3.48. The zero-order chi connectivity index (χ0) is 13.5. The van der Waals surface area contributed by atoms with Gasteiger partial charge in [-0.25, -0.2) is 0 Å². The van der Waals surface area contributed by atoms with E-state index in [1.54, 1.807) is 12.1 Å². The third kappa shape index (κ3) is 1.72. The Morgan fingerprint density at radius 2 is 2.06 bits per heavy atom. The molecule has 4 nitrogen and oxygen atoms in total. The van der Waals surface area contributed by atoms with Crippen molar-refractivity contribution in [3.8, 4) is 0 Å². The van der Waals surface area contributed by atoms with Crippen molar-refractivity contribution in [2.24, 2.45) is 0 Å². The lowest BCUT2D eigenvalue weighted by Gasteiger charge is -2.14. The number of benzene rings is 1. The molecule has 0 spiro atoms. The molecule has 1 aliphatic heterocycles. The Labute approximate surface area is 107 Å². The molecule has 2 rings (SSSR count). The lowest BCUT2D eigenvalue weighted by molar-refractivity contribution is -0.439. The second-order valence-corrected chi connectivity index (χ2v) is 5.32. The first-order valence-corrected chi connectivity index (χ1v) is 6.30. The first-order chi connectivity index (χ1) is 8.39. The van der Waals surface area contributed by atoms with E-state index in [4.69, 9.17) is 0 Å². The molecule has 0 saturated heterocycles. The number of nitrogens with zero attached hydrogens (tertiary/aromatic N) is 2. The summed E-state index contributed by atoms with van der Waals surface area (Å²) in [5.74, 6) is 0. The zero-order valence-corrected chi connectivity index (χ0v) is 11.4. The fraction of sp³-hybridized carbons (Fsp3) is 0.500. The zero-order valence-electron chi connectivity index (χ0n) is 11.4. The molecule has 18 heavy (non-hydrogen) atoms. The van der Waals surface area contributed by atoms with Gasteiger partial charge in [-0.1, -0.05) is 6.92 Å². The molecule has 0 amide bonds. The maximum Gasteiger partial charge on any atom is 0.270 e. The highest BCUT2D eigenvalue weighted by molar-refractivity contribution is 5.93. The summed E-state index contributed by atoms with van der Waals surface area (Å²) in [6, 6.07) is 5.19. The van der Waals surface area contributed by atoms with Crippen molar-refractivity contribution in [1.29, 1.82) is 0 Å². The Balaban J connectivity index is 2.61. The smallest absolute Gasteiger partial charge is 0.258 e. The molecule has 0 saturated carbocycles. The van der Waals surface area contributed by atoms with Crippen LogP contribution in [0.1, 0.15) is 39.7 Å². The third-order valence-corrected chi connectivity index (χ3v) is 3.91. The SMILES string of the molecule is CCC[N+]1=C(C)C(C)(C)c2cc([N+](=O)[O-])ccc21. The van der Waals surface area contributed by atoms with Gasteiger partial charge in [0, 0.05) is 37.1 Å². The number of non-ortho nitro benzene ring substituents is 1. The molecule has 0 bridgehead atoms. The molecule has 0 fully saturated rings. The van der Waals surface area contributed by atoms with E-state index in [2.05, 4.69) is 32.3 Å². The Morgan fingerprint density at radius 1 is 1.39 bits per heavy atom. The molecule has 96 valence electrons. The van der Waals surface area contributed by atoms with Crippen molar-refractivity contribution >= 4 is 17.1 Å². The van der Waals surface area contributed by atoms with Crippen molar-refractivity contribution in [3.63, 3.8) is 0 Å². The number of nitro groups is 1. The first-order valence-electron chi connectivity index (χ1n) is 6.30. The quantitative estimate of drug-likeness (QED) is 0.467. The highest BCUT2D eigenvalue weighted by Crippen LogP contribution is 2.41. The van der Waals surface area contributed by atoms with Crippen molar-refractivity contribution < 1.29 is 9.50 Å². The molecular formula is C14H19N2O2+. The van der Waals surface area contributed by atoms with Gasteiger partial charge in [-0.3, -0.25) is 10.1 Å². The van der Waals surface area contributed by atoms with Crippen LogP contribution in [0.4, 0.5) is 11.4 Å². The van der Waals surface area contributed by atoms with Gasteiger partial charge >= 0.3 is 0 Å². The monoisotopic (exact) mass is 247 g/mol. The maximum atomic E-state index is 10.9. The van der Waals surface area contributed by atoms with Gasteiger partial charge < -0.3 is 0 Å². The van der Waals surface area contributed by atoms with Gasteiger partial charge in [0.2, 0.25) is 5.69 Å². The summed E-state index contributed by atoms with van der Waals surface area (Å²) in [6.07, 6.45) is 1.06. The number of hydrogen-bond donors (Lipinski definition) is 0. The minimum absolute atomic E-state index is 0.128. The van der Waals surface area contributed by atoms with Gasteiger partial charge in [0.15, 0.2) is 5.71 Å². The molecule has 1 aliphatic rings. The first kappa shape index (κ1) is 12.7. The van der Waals surface area contributed by atoms with Crippen LogP contribution in [-0.2, 0) is 5.41 Å². The summed E-state index contributed by atoms with van der Waals surface area (Å²) < 4.78 is 2.28. The second-order valence-electron chi connectivity index (χ2n) is 5.32. The number of hydrogen-bond acceptors (Lipinski definition) is 2. The molecule has 0 aromatic heterocycles. The van der Waals surface area contributed by atoms with Gasteiger partial charge in [0.25, 0.3) is 5.69 Å². The minimum atomic E-state index is -0.325. The normalized spacial score (nSPS) is 16.9. The van der Waals surface area contributed by atoms with Crippen molar-refractivity contribution in [2.75, 3.05) is 6.54 Å². The molecule has 4 heteroatoms. The molecule has 1 aromatic carbocycles. The van der Waals surface area contributed by atoms with E-state index >= 15 is 0 Å². The van der Waals surface area contributed by atoms with E-state index in [9.17, 15) is 10.1 Å². The highest BCUT2D eigenvalue weighted by atomic mass is 16.6. The maximum absolute atomic E-state index is 10.9. The molecule has 0 N–H and O–H groups in total. The van der Waals surface area contributed by atoms with Crippen LogP contribution in [0, 0.1) is 10.1 Å². The van der Waals surface area contributed by atoms with Crippen LogP contribution in [0.25, 0.3) is 0 Å². The van der Waals surface area contributed by atoms with Gasteiger partial charge in [-0.15, -0.1) is 0 Å². The number of fused-ring (bicyclic) bond motifs is 1. The van der Waals surface area contributed by atoms with E-state index in [-0.39, 0.29) is 16.0 Å². The van der Waals surface area contributed by atoms with Gasteiger partial charge in [0.1, 0.15) is 6.54 Å². The molecule has 0 unspecified atom stereocenters. The Morgan fingerprint density at radius 3 is 2.61 bits per heavy atom. The van der Waals surface area contributed by atoms with Crippen LogP contribution in [0.15, 0.2) is 18.2 Å². The molecule has 1 aromatic rings. The molecular weight excluding hydrogens is 228 g/mol. The predicted molar refractivity (Wildman–Crippen MR) is 71.9 cm³/mol. The Bertz CT molecular complexity index is 545. The van der Waals surface area contributed by atoms with Crippen LogP contribution >= 0.6 is 0 Å². The van der Waals surface area contributed by atoms with Crippen molar-refractivity contribution in [2.45, 2.75) is 39.5 Å². The Kier molecular flexibility index (Phi) is 2.97. The predicted octanol–water partition coefficient (Wildman–Crippen LogP) is 3.40. The summed E-state index contributed by atoms with van der Waals surface area (Å²) >= 11 is 0. The van der Waals surface area contributed by atoms with E-state index in [0.717, 1.165) is 24.2 Å². The fourth-order valence-electron chi connectivity index (χ4n) is 2.60. The van der Waals surface area contributed by atoms with Crippen LogP contribution < -0.4 is 0 Å². The lowest BCUT2D eigenvalue weighted by Crippen LogP contribution is -2.26. The van der Waals surface area contributed by atoms with Crippen molar-refractivity contribution in [3.05, 3.63) is 33.9 Å². The van der Waals surface area contributed by atoms with E-state index < -0.39 is 0 Å². The van der Waals surface area contributed by atoms with Gasteiger partial charge in [0.05, 0.1) is 10.3 Å². The minimum Gasteiger partial charge on any atom is -0.258 e. The largest absolute Gasteiger partial charge is 0.270 e. The van der Waals surface area contributed by atoms with Crippen LogP contribution in [-0.4, -0.2) is 21.8 Å². The van der Waals surface area contributed by atoms with Gasteiger partial charge in [-0.05, 0) is 13.8 Å². The molecule has 0 atom stereocenters. The highest BCUT2D eigenvalue weighted by Gasteiger charge is 2.43. The van der Waals surface area contributed by atoms with E-state index in [1.807, 2.05) is 6.07 Å². The molecule has 0 aliphatic carbocycles. The lowest BCUT2D eigenvalue weighted by atomic mass is 9.82. The van der Waals surface area contributed by atoms with Crippen LogP contribution in [0.2, 0.25) is 0 Å². The van der Waals surface area contributed by atoms with E-state index in [1.165, 1.54) is 5.71 Å².